The Morgan fingerprint density at radius 3 is 2.31 bits per heavy atom. The molecular weight excluding hydrogens is 474 g/mol. The van der Waals surface area contributed by atoms with Gasteiger partial charge in [0.2, 0.25) is 5.91 Å². The van der Waals surface area contributed by atoms with Gasteiger partial charge in [-0.3, -0.25) is 4.79 Å². The van der Waals surface area contributed by atoms with Crippen molar-refractivity contribution in [2.24, 2.45) is 0 Å². The maximum Gasteiger partial charge on any atom is 0.318 e. The molecule has 8 heteroatoms. The maximum absolute atomic E-state index is 13.1. The lowest BCUT2D eigenvalue weighted by Gasteiger charge is -2.22. The second-order valence-electron chi connectivity index (χ2n) is 8.26. The Kier molecular flexibility index (Phi) is 8.36. The Morgan fingerprint density at radius 2 is 1.61 bits per heavy atom. The van der Waals surface area contributed by atoms with Crippen LogP contribution in [0, 0.1) is 0 Å². The molecule has 0 bridgehead atoms. The van der Waals surface area contributed by atoms with Crippen LogP contribution >= 0.6 is 11.6 Å². The molecule has 2 N–H and O–H groups in total. The Morgan fingerprint density at radius 1 is 0.944 bits per heavy atom. The number of nitrogens with zero attached hydrogens (tertiary/aromatic N) is 3. The second-order valence-corrected chi connectivity index (χ2v) is 8.67. The first-order valence-electron chi connectivity index (χ1n) is 11.8. The van der Waals surface area contributed by atoms with Crippen molar-refractivity contribution in [2.45, 2.75) is 19.9 Å². The molecule has 0 radical (unpaired) electrons. The SMILES string of the molecule is CCCN(CC(=O)Nc1cc(-c2ccccc2)nn1-c1ccccc1Cl)C(=O)NCc1ccccc1. The molecule has 0 spiro atoms. The Hall–Kier alpha value is -4.10. The number of anilines is 1. The van der Waals surface area contributed by atoms with Crippen LogP contribution in [0.4, 0.5) is 10.6 Å². The fraction of sp³-hybridized carbons (Fsp3) is 0.179. The van der Waals surface area contributed by atoms with Crippen LogP contribution in [0.25, 0.3) is 16.9 Å². The fourth-order valence-electron chi connectivity index (χ4n) is 3.79. The largest absolute Gasteiger partial charge is 0.334 e. The first-order valence-corrected chi connectivity index (χ1v) is 12.2. The maximum atomic E-state index is 13.1. The van der Waals surface area contributed by atoms with Crippen molar-refractivity contribution >= 4 is 29.4 Å². The van der Waals surface area contributed by atoms with Crippen molar-refractivity contribution in [3.8, 4) is 16.9 Å². The number of rotatable bonds is 9. The van der Waals surface area contributed by atoms with E-state index in [4.69, 9.17) is 16.7 Å². The molecule has 0 fully saturated rings. The molecule has 1 heterocycles. The summed E-state index contributed by atoms with van der Waals surface area (Å²) in [4.78, 5) is 27.4. The summed E-state index contributed by atoms with van der Waals surface area (Å²) >= 11 is 6.44. The zero-order chi connectivity index (χ0) is 25.3. The highest BCUT2D eigenvalue weighted by Crippen LogP contribution is 2.28. The number of urea groups is 1. The minimum atomic E-state index is -0.328. The first kappa shape index (κ1) is 25.0. The van der Waals surface area contributed by atoms with Crippen molar-refractivity contribution in [1.29, 1.82) is 0 Å². The van der Waals surface area contributed by atoms with Crippen LogP contribution in [-0.2, 0) is 11.3 Å². The van der Waals surface area contributed by atoms with Crippen molar-refractivity contribution in [2.75, 3.05) is 18.4 Å². The summed E-state index contributed by atoms with van der Waals surface area (Å²) in [6.07, 6.45) is 0.724. The predicted molar refractivity (Wildman–Crippen MR) is 143 cm³/mol. The summed E-state index contributed by atoms with van der Waals surface area (Å²) in [6.45, 7) is 2.71. The number of carbonyl (C=O) groups excluding carboxylic acids is 2. The third kappa shape index (κ3) is 6.31. The molecule has 0 saturated carbocycles. The zero-order valence-electron chi connectivity index (χ0n) is 20.0. The molecule has 36 heavy (non-hydrogen) atoms. The second kappa shape index (κ2) is 12.0. The molecule has 0 aliphatic carbocycles. The van der Waals surface area contributed by atoms with E-state index in [1.54, 1.807) is 16.8 Å². The van der Waals surface area contributed by atoms with Crippen LogP contribution in [0.15, 0.2) is 91.0 Å². The van der Waals surface area contributed by atoms with E-state index in [0.717, 1.165) is 17.5 Å². The van der Waals surface area contributed by atoms with E-state index in [1.807, 2.05) is 85.8 Å². The molecule has 3 amide bonds. The van der Waals surface area contributed by atoms with Crippen molar-refractivity contribution < 1.29 is 9.59 Å². The van der Waals surface area contributed by atoms with Crippen LogP contribution in [0.2, 0.25) is 5.02 Å². The van der Waals surface area contributed by atoms with E-state index in [9.17, 15) is 9.59 Å². The van der Waals surface area contributed by atoms with Gasteiger partial charge in [0.15, 0.2) is 0 Å². The minimum absolute atomic E-state index is 0.0944. The molecule has 0 aliphatic heterocycles. The molecule has 7 nitrogen and oxygen atoms in total. The van der Waals surface area contributed by atoms with Gasteiger partial charge in [0.1, 0.15) is 12.4 Å². The summed E-state index contributed by atoms with van der Waals surface area (Å²) in [5.41, 5.74) is 3.23. The highest BCUT2D eigenvalue weighted by Gasteiger charge is 2.19. The lowest BCUT2D eigenvalue weighted by Crippen LogP contribution is -2.44. The standard InChI is InChI=1S/C28H28ClN5O2/c1-2-17-33(28(36)30-19-21-11-5-3-6-12-21)20-27(35)31-26-18-24(22-13-7-4-8-14-22)32-34(26)25-16-10-9-15-23(25)29/h3-16,18H,2,17,19-20H2,1H3,(H,30,36)(H,31,35). The average Bonchev–Trinajstić information content (AvgIpc) is 3.31. The summed E-state index contributed by atoms with van der Waals surface area (Å²) < 4.78 is 1.61. The van der Waals surface area contributed by atoms with E-state index < -0.39 is 0 Å². The number of hydrogen-bond acceptors (Lipinski definition) is 3. The van der Waals surface area contributed by atoms with Crippen molar-refractivity contribution in [1.82, 2.24) is 20.0 Å². The van der Waals surface area contributed by atoms with Gasteiger partial charge in [-0.05, 0) is 24.1 Å². The first-order chi connectivity index (χ1) is 17.5. The molecule has 1 aromatic heterocycles. The number of halogens is 1. The van der Waals surface area contributed by atoms with E-state index >= 15 is 0 Å². The van der Waals surface area contributed by atoms with E-state index in [2.05, 4.69) is 10.6 Å². The summed E-state index contributed by atoms with van der Waals surface area (Å²) in [7, 11) is 0. The summed E-state index contributed by atoms with van der Waals surface area (Å²) in [6, 6.07) is 28.2. The number of aromatic nitrogens is 2. The van der Waals surface area contributed by atoms with Gasteiger partial charge in [-0.1, -0.05) is 91.3 Å². The molecular formula is C28H28ClN5O2. The predicted octanol–water partition coefficient (Wildman–Crippen LogP) is 5.75. The lowest BCUT2D eigenvalue weighted by atomic mass is 10.1. The fourth-order valence-corrected chi connectivity index (χ4v) is 4.01. The van der Waals surface area contributed by atoms with Gasteiger partial charge in [-0.15, -0.1) is 0 Å². The normalized spacial score (nSPS) is 10.6. The zero-order valence-corrected chi connectivity index (χ0v) is 20.8. The molecule has 4 aromatic rings. The number of amides is 3. The molecule has 3 aromatic carbocycles. The van der Waals surface area contributed by atoms with Gasteiger partial charge < -0.3 is 15.5 Å². The quantitative estimate of drug-likeness (QED) is 0.306. The highest BCUT2D eigenvalue weighted by molar-refractivity contribution is 6.32. The number of para-hydroxylation sites is 1. The number of carbonyl (C=O) groups is 2. The van der Waals surface area contributed by atoms with Crippen molar-refractivity contribution in [3.63, 3.8) is 0 Å². The summed E-state index contributed by atoms with van der Waals surface area (Å²) in [5, 5.41) is 11.0. The van der Waals surface area contributed by atoms with Gasteiger partial charge in [0.05, 0.1) is 16.4 Å². The monoisotopic (exact) mass is 501 g/mol. The van der Waals surface area contributed by atoms with Gasteiger partial charge in [0.25, 0.3) is 0 Å². The molecule has 0 saturated heterocycles. The van der Waals surface area contributed by atoms with E-state index in [0.29, 0.717) is 35.3 Å². The Bertz CT molecular complexity index is 1310. The third-order valence-electron chi connectivity index (χ3n) is 5.53. The molecule has 4 rings (SSSR count). The van der Waals surface area contributed by atoms with Gasteiger partial charge in [-0.2, -0.15) is 5.10 Å². The minimum Gasteiger partial charge on any atom is -0.334 e. The smallest absolute Gasteiger partial charge is 0.318 e. The molecule has 0 unspecified atom stereocenters. The van der Waals surface area contributed by atoms with E-state index in [1.165, 1.54) is 4.90 Å². The summed E-state index contributed by atoms with van der Waals surface area (Å²) in [5.74, 6) is 0.138. The lowest BCUT2D eigenvalue weighted by molar-refractivity contribution is -0.116. The van der Waals surface area contributed by atoms with Gasteiger partial charge >= 0.3 is 6.03 Å². The van der Waals surface area contributed by atoms with Gasteiger partial charge in [0, 0.05) is 24.7 Å². The molecule has 0 aliphatic rings. The topological polar surface area (TPSA) is 79.3 Å². The Balaban J connectivity index is 1.52. The van der Waals surface area contributed by atoms with Crippen LogP contribution in [0.5, 0.6) is 0 Å². The van der Waals surface area contributed by atoms with Crippen LogP contribution in [-0.4, -0.2) is 39.7 Å². The van der Waals surface area contributed by atoms with E-state index in [-0.39, 0.29) is 18.5 Å². The third-order valence-corrected chi connectivity index (χ3v) is 5.85. The Labute approximate surface area is 215 Å². The molecule has 0 atom stereocenters. The molecule has 184 valence electrons. The van der Waals surface area contributed by atoms with Gasteiger partial charge in [-0.25, -0.2) is 9.48 Å². The van der Waals surface area contributed by atoms with Crippen LogP contribution < -0.4 is 10.6 Å². The van der Waals surface area contributed by atoms with Crippen LogP contribution in [0.1, 0.15) is 18.9 Å². The number of benzene rings is 3. The number of nitrogens with one attached hydrogen (secondary N) is 2. The number of hydrogen-bond donors (Lipinski definition) is 2. The van der Waals surface area contributed by atoms with Crippen molar-refractivity contribution in [3.05, 3.63) is 102 Å². The average molecular weight is 502 g/mol. The highest BCUT2D eigenvalue weighted by atomic mass is 35.5. The van der Waals surface area contributed by atoms with Crippen LogP contribution in [0.3, 0.4) is 0 Å².